The van der Waals surface area contributed by atoms with Crippen molar-refractivity contribution in [1.82, 2.24) is 5.32 Å². The average molecular weight is 386 g/mol. The third-order valence-electron chi connectivity index (χ3n) is 8.50. The molecule has 1 amide bonds. The Labute approximate surface area is 169 Å². The van der Waals surface area contributed by atoms with Crippen molar-refractivity contribution < 1.29 is 14.6 Å². The molecule has 2 saturated carbocycles. The maximum absolute atomic E-state index is 11.6. The summed E-state index contributed by atoms with van der Waals surface area (Å²) in [5.74, 6) is 3.58. The van der Waals surface area contributed by atoms with Crippen molar-refractivity contribution in [2.75, 3.05) is 7.11 Å². The van der Waals surface area contributed by atoms with Crippen molar-refractivity contribution in [2.24, 2.45) is 23.2 Å². The summed E-state index contributed by atoms with van der Waals surface area (Å²) in [5.41, 5.74) is 4.22. The van der Waals surface area contributed by atoms with Gasteiger partial charge in [-0.25, -0.2) is 0 Å². The maximum Gasteiger partial charge on any atom is 0.217 e. The number of ether oxygens (including phenoxy) is 1. The van der Waals surface area contributed by atoms with Crippen LogP contribution in [-0.2, 0) is 11.2 Å². The van der Waals surface area contributed by atoms with E-state index in [2.05, 4.69) is 26.1 Å². The molecule has 0 spiro atoms. The van der Waals surface area contributed by atoms with Gasteiger partial charge in [0.15, 0.2) is 11.5 Å². The van der Waals surface area contributed by atoms with Crippen molar-refractivity contribution in [3.8, 4) is 11.5 Å². The summed E-state index contributed by atoms with van der Waals surface area (Å²) in [4.78, 5) is 11.6. The number of carbonyl (C=O) groups is 1. The van der Waals surface area contributed by atoms with E-state index in [9.17, 15) is 9.90 Å². The minimum atomic E-state index is 0.0855. The molecule has 0 aliphatic heterocycles. The molecule has 0 heterocycles. The lowest BCUT2D eigenvalue weighted by atomic mass is 9.53. The molecule has 4 heteroatoms. The standard InChI is InChI=1S/C24H35NO3/c1-13-22-16(12-21(27)23(13)28-5)6-7-17-18(22)10-11-24(4)19(8-9-20(17)24)14(2)25-15(3)26/h12,14,17-20,27H,6-11H2,1-5H3,(H,25,26)/t14-,17+,18-,19+,20-,24+/m0/s1. The molecule has 4 nitrogen and oxygen atoms in total. The molecular weight excluding hydrogens is 350 g/mol. The Morgan fingerprint density at radius 3 is 2.75 bits per heavy atom. The van der Waals surface area contributed by atoms with Gasteiger partial charge in [-0.05, 0) is 104 Å². The monoisotopic (exact) mass is 385 g/mol. The highest BCUT2D eigenvalue weighted by Crippen LogP contribution is 2.64. The van der Waals surface area contributed by atoms with Crippen LogP contribution in [0.3, 0.4) is 0 Å². The van der Waals surface area contributed by atoms with Crippen molar-refractivity contribution in [1.29, 1.82) is 0 Å². The van der Waals surface area contributed by atoms with E-state index in [0.717, 1.165) is 17.9 Å². The molecule has 154 valence electrons. The number of hydrogen-bond donors (Lipinski definition) is 2. The van der Waals surface area contributed by atoms with E-state index >= 15 is 0 Å². The molecule has 0 unspecified atom stereocenters. The zero-order valence-corrected chi connectivity index (χ0v) is 18.0. The van der Waals surface area contributed by atoms with Gasteiger partial charge in [-0.3, -0.25) is 4.79 Å². The first-order chi connectivity index (χ1) is 13.3. The van der Waals surface area contributed by atoms with Crippen LogP contribution in [0, 0.1) is 30.1 Å². The Balaban J connectivity index is 1.66. The smallest absolute Gasteiger partial charge is 0.217 e. The van der Waals surface area contributed by atoms with Crippen LogP contribution in [0.25, 0.3) is 0 Å². The number of aromatic hydroxyl groups is 1. The summed E-state index contributed by atoms with van der Waals surface area (Å²) in [7, 11) is 1.65. The first-order valence-corrected chi connectivity index (χ1v) is 10.9. The molecule has 1 aromatic carbocycles. The van der Waals surface area contributed by atoms with Crippen LogP contribution in [-0.4, -0.2) is 24.2 Å². The van der Waals surface area contributed by atoms with Crippen LogP contribution >= 0.6 is 0 Å². The lowest BCUT2D eigenvalue weighted by molar-refractivity contribution is -0.120. The zero-order valence-electron chi connectivity index (χ0n) is 18.0. The number of phenols is 1. The summed E-state index contributed by atoms with van der Waals surface area (Å²) in [6.45, 7) is 8.43. The Morgan fingerprint density at radius 2 is 2.07 bits per heavy atom. The maximum atomic E-state index is 11.6. The summed E-state index contributed by atoms with van der Waals surface area (Å²) >= 11 is 0. The van der Waals surface area contributed by atoms with Gasteiger partial charge >= 0.3 is 0 Å². The highest BCUT2D eigenvalue weighted by atomic mass is 16.5. The minimum absolute atomic E-state index is 0.0855. The molecule has 28 heavy (non-hydrogen) atoms. The summed E-state index contributed by atoms with van der Waals surface area (Å²) < 4.78 is 5.52. The molecule has 6 atom stereocenters. The summed E-state index contributed by atoms with van der Waals surface area (Å²) in [6, 6.07) is 2.19. The molecule has 4 rings (SSSR count). The van der Waals surface area contributed by atoms with Gasteiger partial charge < -0.3 is 15.2 Å². The second kappa shape index (κ2) is 6.96. The molecule has 3 aliphatic carbocycles. The molecule has 2 fully saturated rings. The molecule has 0 saturated heterocycles. The predicted molar refractivity (Wildman–Crippen MR) is 111 cm³/mol. The van der Waals surface area contributed by atoms with Crippen LogP contribution in [0.2, 0.25) is 0 Å². The topological polar surface area (TPSA) is 58.6 Å². The third-order valence-corrected chi connectivity index (χ3v) is 8.50. The molecular formula is C24H35NO3. The lowest BCUT2D eigenvalue weighted by Crippen LogP contribution is -2.48. The van der Waals surface area contributed by atoms with Crippen LogP contribution in [0.15, 0.2) is 6.07 Å². The van der Waals surface area contributed by atoms with E-state index in [1.807, 2.05) is 6.07 Å². The number of nitrogens with one attached hydrogen (secondary N) is 1. The number of aryl methyl sites for hydroxylation is 1. The minimum Gasteiger partial charge on any atom is -0.504 e. The molecule has 3 aliphatic rings. The van der Waals surface area contributed by atoms with Crippen molar-refractivity contribution in [2.45, 2.75) is 78.2 Å². The van der Waals surface area contributed by atoms with E-state index in [-0.39, 0.29) is 17.7 Å². The third kappa shape index (κ3) is 2.83. The normalized spacial score (nSPS) is 34.8. The number of methoxy groups -OCH3 is 1. The quantitative estimate of drug-likeness (QED) is 0.792. The van der Waals surface area contributed by atoms with Crippen molar-refractivity contribution in [3.63, 3.8) is 0 Å². The van der Waals surface area contributed by atoms with E-state index in [1.54, 1.807) is 14.0 Å². The highest BCUT2D eigenvalue weighted by Gasteiger charge is 2.56. The van der Waals surface area contributed by atoms with Crippen LogP contribution in [0.4, 0.5) is 0 Å². The first-order valence-electron chi connectivity index (χ1n) is 10.9. The van der Waals surface area contributed by atoms with Gasteiger partial charge in [0, 0.05) is 13.0 Å². The molecule has 0 bridgehead atoms. The fourth-order valence-corrected chi connectivity index (χ4v) is 7.50. The van der Waals surface area contributed by atoms with Gasteiger partial charge in [0.05, 0.1) is 7.11 Å². The molecule has 1 aromatic rings. The Kier molecular flexibility index (Phi) is 4.87. The molecule has 0 aromatic heterocycles. The van der Waals surface area contributed by atoms with Gasteiger partial charge in [0.1, 0.15) is 0 Å². The predicted octanol–water partition coefficient (Wildman–Crippen LogP) is 4.71. The highest BCUT2D eigenvalue weighted by molar-refractivity contribution is 5.73. The van der Waals surface area contributed by atoms with Gasteiger partial charge in [0.2, 0.25) is 5.91 Å². The first kappa shape index (κ1) is 19.6. The fourth-order valence-electron chi connectivity index (χ4n) is 7.50. The number of carbonyl (C=O) groups excluding carboxylic acids is 1. The second-order valence-corrected chi connectivity index (χ2v) is 9.76. The largest absolute Gasteiger partial charge is 0.504 e. The second-order valence-electron chi connectivity index (χ2n) is 9.76. The Bertz CT molecular complexity index is 789. The van der Waals surface area contributed by atoms with Crippen LogP contribution in [0.5, 0.6) is 11.5 Å². The van der Waals surface area contributed by atoms with Crippen molar-refractivity contribution >= 4 is 5.91 Å². The molecule has 2 N–H and O–H groups in total. The lowest BCUT2D eigenvalue weighted by Gasteiger charge is -2.52. The number of fused-ring (bicyclic) bond motifs is 5. The van der Waals surface area contributed by atoms with Gasteiger partial charge in [-0.15, -0.1) is 0 Å². The van der Waals surface area contributed by atoms with Gasteiger partial charge in [0.25, 0.3) is 0 Å². The average Bonchev–Trinajstić information content (AvgIpc) is 2.98. The Morgan fingerprint density at radius 1 is 1.32 bits per heavy atom. The van der Waals surface area contributed by atoms with Crippen LogP contribution in [0.1, 0.15) is 75.5 Å². The van der Waals surface area contributed by atoms with E-state index in [1.165, 1.54) is 43.2 Å². The molecule has 0 radical (unpaired) electrons. The number of amides is 1. The van der Waals surface area contributed by atoms with Crippen molar-refractivity contribution in [3.05, 3.63) is 22.8 Å². The van der Waals surface area contributed by atoms with Gasteiger partial charge in [-0.2, -0.15) is 0 Å². The van der Waals surface area contributed by atoms with E-state index < -0.39 is 0 Å². The van der Waals surface area contributed by atoms with E-state index in [4.69, 9.17) is 4.74 Å². The summed E-state index contributed by atoms with van der Waals surface area (Å²) in [6.07, 6.45) is 7.17. The number of benzene rings is 1. The Hall–Kier alpha value is -1.71. The zero-order chi connectivity index (χ0) is 20.2. The van der Waals surface area contributed by atoms with Gasteiger partial charge in [-0.1, -0.05) is 6.92 Å². The number of rotatable bonds is 3. The SMILES string of the molecule is COc1c(O)cc2c(c1C)[C@H]1CC[C@]3(C)[C@@H]([C@H](C)NC(C)=O)CC[C@H]3[C@@H]1CC2. The number of hydrogen-bond acceptors (Lipinski definition) is 3. The van der Waals surface area contributed by atoms with Crippen LogP contribution < -0.4 is 10.1 Å². The fraction of sp³-hybridized carbons (Fsp3) is 0.708. The number of phenolic OH excluding ortho intramolecular Hbond substituents is 1. The van der Waals surface area contributed by atoms with E-state index in [0.29, 0.717) is 28.9 Å². The summed E-state index contributed by atoms with van der Waals surface area (Å²) in [5, 5.41) is 13.5.